The van der Waals surface area contributed by atoms with E-state index in [1.165, 1.54) is 0 Å². The molecule has 2 N–H and O–H groups in total. The number of carboxylic acids is 1. The molecule has 0 aliphatic heterocycles. The standard InChI is InChI=1S/C13H17NO4S/c1-2-18-7-10-5-3-4-6-11(10)14-12(15)8-19-9-13(16)17/h3-6H,2,7-9H2,1H3,(H,14,15)(H,16,17). The minimum Gasteiger partial charge on any atom is -0.481 e. The molecule has 1 rings (SSSR count). The number of ether oxygens (including phenoxy) is 1. The molecule has 0 saturated carbocycles. The molecule has 0 unspecified atom stereocenters. The summed E-state index contributed by atoms with van der Waals surface area (Å²) in [5.41, 5.74) is 1.61. The van der Waals surface area contributed by atoms with Gasteiger partial charge in [-0.3, -0.25) is 9.59 Å². The number of carbonyl (C=O) groups excluding carboxylic acids is 1. The predicted molar refractivity (Wildman–Crippen MR) is 75.4 cm³/mol. The Hall–Kier alpha value is -1.53. The summed E-state index contributed by atoms with van der Waals surface area (Å²) in [5, 5.41) is 11.2. The molecule has 5 nitrogen and oxygen atoms in total. The molecular weight excluding hydrogens is 266 g/mol. The van der Waals surface area contributed by atoms with Crippen molar-refractivity contribution < 1.29 is 19.4 Å². The summed E-state index contributed by atoms with van der Waals surface area (Å²) in [5.74, 6) is -1.09. The predicted octanol–water partition coefficient (Wildman–Crippen LogP) is 1.98. The van der Waals surface area contributed by atoms with Gasteiger partial charge in [-0.2, -0.15) is 0 Å². The summed E-state index contributed by atoms with van der Waals surface area (Å²) in [4.78, 5) is 22.0. The molecule has 19 heavy (non-hydrogen) atoms. The number of aliphatic carboxylic acids is 1. The van der Waals surface area contributed by atoms with Gasteiger partial charge in [-0.15, -0.1) is 11.8 Å². The van der Waals surface area contributed by atoms with E-state index in [2.05, 4.69) is 5.32 Å². The third kappa shape index (κ3) is 6.26. The number of amides is 1. The fourth-order valence-corrected chi connectivity index (χ4v) is 1.93. The Morgan fingerprint density at radius 3 is 2.74 bits per heavy atom. The number of nitrogens with one attached hydrogen (secondary N) is 1. The first-order valence-corrected chi connectivity index (χ1v) is 7.04. The molecule has 0 aliphatic carbocycles. The van der Waals surface area contributed by atoms with Crippen LogP contribution in [-0.4, -0.2) is 35.1 Å². The van der Waals surface area contributed by atoms with Gasteiger partial charge in [-0.05, 0) is 13.0 Å². The SMILES string of the molecule is CCOCc1ccccc1NC(=O)CSCC(=O)O. The van der Waals surface area contributed by atoms with Crippen molar-refractivity contribution in [2.45, 2.75) is 13.5 Å². The van der Waals surface area contributed by atoms with E-state index in [1.807, 2.05) is 25.1 Å². The van der Waals surface area contributed by atoms with E-state index in [0.717, 1.165) is 17.3 Å². The van der Waals surface area contributed by atoms with Crippen LogP contribution in [0.25, 0.3) is 0 Å². The van der Waals surface area contributed by atoms with Crippen LogP contribution in [0.4, 0.5) is 5.69 Å². The number of rotatable bonds is 8. The van der Waals surface area contributed by atoms with Gasteiger partial charge in [0, 0.05) is 17.9 Å². The van der Waals surface area contributed by atoms with Crippen molar-refractivity contribution in [1.29, 1.82) is 0 Å². The van der Waals surface area contributed by atoms with Crippen LogP contribution in [0.2, 0.25) is 0 Å². The van der Waals surface area contributed by atoms with Crippen molar-refractivity contribution in [3.63, 3.8) is 0 Å². The Labute approximate surface area is 116 Å². The lowest BCUT2D eigenvalue weighted by Crippen LogP contribution is -2.16. The highest BCUT2D eigenvalue weighted by Crippen LogP contribution is 2.16. The number of hydrogen-bond acceptors (Lipinski definition) is 4. The number of carboxylic acid groups (broad SMARTS) is 1. The molecule has 0 aromatic heterocycles. The average molecular weight is 283 g/mol. The van der Waals surface area contributed by atoms with Gasteiger partial charge >= 0.3 is 5.97 Å². The summed E-state index contributed by atoms with van der Waals surface area (Å²) < 4.78 is 5.32. The van der Waals surface area contributed by atoms with Crippen molar-refractivity contribution in [2.75, 3.05) is 23.4 Å². The van der Waals surface area contributed by atoms with Crippen molar-refractivity contribution in [3.05, 3.63) is 29.8 Å². The maximum atomic E-state index is 11.7. The lowest BCUT2D eigenvalue weighted by atomic mass is 10.2. The minimum absolute atomic E-state index is 0.0754. The van der Waals surface area contributed by atoms with Gasteiger partial charge in [0.15, 0.2) is 0 Å². The van der Waals surface area contributed by atoms with Crippen molar-refractivity contribution >= 4 is 29.3 Å². The first-order valence-electron chi connectivity index (χ1n) is 5.88. The molecule has 0 aliphatic rings. The third-order valence-corrected chi connectivity index (χ3v) is 3.13. The summed E-state index contributed by atoms with van der Waals surface area (Å²) in [6.45, 7) is 2.95. The Kier molecular flexibility index (Phi) is 6.99. The zero-order chi connectivity index (χ0) is 14.1. The zero-order valence-corrected chi connectivity index (χ0v) is 11.5. The van der Waals surface area contributed by atoms with Gasteiger partial charge in [-0.25, -0.2) is 0 Å². The maximum Gasteiger partial charge on any atom is 0.313 e. The van der Waals surface area contributed by atoms with E-state index in [9.17, 15) is 9.59 Å². The van der Waals surface area contributed by atoms with Gasteiger partial charge in [-0.1, -0.05) is 18.2 Å². The third-order valence-electron chi connectivity index (χ3n) is 2.21. The molecule has 0 radical (unpaired) electrons. The monoisotopic (exact) mass is 283 g/mol. The smallest absolute Gasteiger partial charge is 0.313 e. The fraction of sp³-hybridized carbons (Fsp3) is 0.385. The summed E-state index contributed by atoms with van der Waals surface area (Å²) in [6.07, 6.45) is 0. The van der Waals surface area contributed by atoms with E-state index < -0.39 is 5.97 Å². The number of carbonyl (C=O) groups is 2. The number of anilines is 1. The van der Waals surface area contributed by atoms with Crippen molar-refractivity contribution in [2.24, 2.45) is 0 Å². The van der Waals surface area contributed by atoms with Crippen molar-refractivity contribution in [3.8, 4) is 0 Å². The lowest BCUT2D eigenvalue weighted by molar-refractivity contribution is -0.133. The van der Waals surface area contributed by atoms with Gasteiger partial charge in [0.05, 0.1) is 18.1 Å². The van der Waals surface area contributed by atoms with Crippen LogP contribution in [-0.2, 0) is 20.9 Å². The molecule has 6 heteroatoms. The number of para-hydroxylation sites is 1. The first-order chi connectivity index (χ1) is 9.13. The Morgan fingerprint density at radius 1 is 1.32 bits per heavy atom. The molecular formula is C13H17NO4S. The quantitative estimate of drug-likeness (QED) is 0.763. The van der Waals surface area contributed by atoms with E-state index in [1.54, 1.807) is 6.07 Å². The first kappa shape index (κ1) is 15.5. The normalized spacial score (nSPS) is 10.2. The molecule has 0 fully saturated rings. The molecule has 0 saturated heterocycles. The molecule has 104 valence electrons. The second-order valence-electron chi connectivity index (χ2n) is 3.73. The van der Waals surface area contributed by atoms with Gasteiger partial charge < -0.3 is 15.2 Å². The van der Waals surface area contributed by atoms with Crippen LogP contribution in [0.3, 0.4) is 0 Å². The minimum atomic E-state index is -0.922. The van der Waals surface area contributed by atoms with Gasteiger partial charge in [0.2, 0.25) is 5.91 Å². The maximum absolute atomic E-state index is 11.7. The second kappa shape index (κ2) is 8.55. The summed E-state index contributed by atoms with van der Waals surface area (Å²) in [6, 6.07) is 7.39. The second-order valence-corrected chi connectivity index (χ2v) is 4.71. The largest absolute Gasteiger partial charge is 0.481 e. The topological polar surface area (TPSA) is 75.6 Å². The highest BCUT2D eigenvalue weighted by molar-refractivity contribution is 8.00. The molecule has 0 heterocycles. The lowest BCUT2D eigenvalue weighted by Gasteiger charge is -2.10. The molecule has 0 bridgehead atoms. The van der Waals surface area contributed by atoms with E-state index in [4.69, 9.17) is 9.84 Å². The van der Waals surface area contributed by atoms with Crippen LogP contribution in [0.5, 0.6) is 0 Å². The van der Waals surface area contributed by atoms with Crippen molar-refractivity contribution in [1.82, 2.24) is 0 Å². The Bertz CT molecular complexity index is 436. The molecule has 1 aromatic rings. The van der Waals surface area contributed by atoms with E-state index >= 15 is 0 Å². The Balaban J connectivity index is 2.51. The van der Waals surface area contributed by atoms with Crippen LogP contribution < -0.4 is 5.32 Å². The highest BCUT2D eigenvalue weighted by Gasteiger charge is 2.07. The fourth-order valence-electron chi connectivity index (χ4n) is 1.40. The zero-order valence-electron chi connectivity index (χ0n) is 10.7. The molecule has 0 atom stereocenters. The molecule has 1 amide bonds. The highest BCUT2D eigenvalue weighted by atomic mass is 32.2. The van der Waals surface area contributed by atoms with E-state index in [-0.39, 0.29) is 17.4 Å². The summed E-state index contributed by atoms with van der Waals surface area (Å²) in [7, 11) is 0. The van der Waals surface area contributed by atoms with Crippen LogP contribution in [0, 0.1) is 0 Å². The number of benzene rings is 1. The van der Waals surface area contributed by atoms with Gasteiger partial charge in [0.1, 0.15) is 0 Å². The van der Waals surface area contributed by atoms with Crippen LogP contribution >= 0.6 is 11.8 Å². The average Bonchev–Trinajstić information content (AvgIpc) is 2.37. The Morgan fingerprint density at radius 2 is 2.05 bits per heavy atom. The van der Waals surface area contributed by atoms with E-state index in [0.29, 0.717) is 18.9 Å². The van der Waals surface area contributed by atoms with Crippen LogP contribution in [0.15, 0.2) is 24.3 Å². The summed E-state index contributed by atoms with van der Waals surface area (Å²) >= 11 is 1.07. The van der Waals surface area contributed by atoms with Gasteiger partial charge in [0.25, 0.3) is 0 Å². The molecule has 1 aromatic carbocycles. The molecule has 0 spiro atoms. The number of thioether (sulfide) groups is 1. The van der Waals surface area contributed by atoms with Crippen LogP contribution in [0.1, 0.15) is 12.5 Å². The number of hydrogen-bond donors (Lipinski definition) is 2.